The van der Waals surface area contributed by atoms with Gasteiger partial charge in [0.25, 0.3) is 0 Å². The number of likely N-dealkylation sites (N-methyl/N-ethyl adjacent to an activating group) is 1. The monoisotopic (exact) mass is 311 g/mol. The molecule has 0 spiro atoms. The molecular weight excluding hydrogens is 278 g/mol. The molecule has 0 aromatic heterocycles. The predicted molar refractivity (Wildman–Crippen MR) is 105 cm³/mol. The van der Waals surface area contributed by atoms with Crippen LogP contribution in [0.15, 0.2) is 60.3 Å². The van der Waals surface area contributed by atoms with E-state index in [1.54, 1.807) is 0 Å². The van der Waals surface area contributed by atoms with Crippen LogP contribution >= 0.6 is 0 Å². The molecular formula is C22H33N. The van der Waals surface area contributed by atoms with Crippen molar-refractivity contribution in [3.05, 3.63) is 65.9 Å². The van der Waals surface area contributed by atoms with Gasteiger partial charge in [0.05, 0.1) is 0 Å². The lowest BCUT2D eigenvalue weighted by Crippen LogP contribution is -2.16. The Kier molecular flexibility index (Phi) is 6.04. The molecule has 0 amide bonds. The largest absolute Gasteiger partial charge is 0.345 e. The van der Waals surface area contributed by atoms with Gasteiger partial charge in [-0.05, 0) is 47.6 Å². The van der Waals surface area contributed by atoms with E-state index in [0.29, 0.717) is 0 Å². The number of rotatable bonds is 4. The molecule has 0 fully saturated rings. The maximum absolute atomic E-state index is 3.97. The van der Waals surface area contributed by atoms with Crippen LogP contribution in [0.2, 0.25) is 0 Å². The number of nitrogens with zero attached hydrogens (tertiary/aromatic N) is 1. The van der Waals surface area contributed by atoms with E-state index in [1.807, 2.05) is 6.08 Å². The third-order valence-electron chi connectivity index (χ3n) is 4.40. The Balaban J connectivity index is 3.06. The van der Waals surface area contributed by atoms with Crippen molar-refractivity contribution in [3.63, 3.8) is 0 Å². The van der Waals surface area contributed by atoms with Crippen LogP contribution < -0.4 is 4.90 Å². The van der Waals surface area contributed by atoms with Gasteiger partial charge in [0.15, 0.2) is 0 Å². The van der Waals surface area contributed by atoms with Crippen LogP contribution in [0.5, 0.6) is 0 Å². The Hall–Kier alpha value is -1.76. The summed E-state index contributed by atoms with van der Waals surface area (Å²) in [5.74, 6) is 0. The van der Waals surface area contributed by atoms with Gasteiger partial charge in [0, 0.05) is 18.4 Å². The lowest BCUT2D eigenvalue weighted by molar-refractivity contribution is 0.504. The topological polar surface area (TPSA) is 3.24 Å². The van der Waals surface area contributed by atoms with Crippen LogP contribution in [0.3, 0.4) is 0 Å². The van der Waals surface area contributed by atoms with Crippen molar-refractivity contribution >= 4 is 5.69 Å². The average Bonchev–Trinajstić information content (AvgIpc) is 2.45. The summed E-state index contributed by atoms with van der Waals surface area (Å²) in [6, 6.07) is 8.78. The van der Waals surface area contributed by atoms with Gasteiger partial charge >= 0.3 is 0 Å². The molecule has 1 rings (SSSR count). The van der Waals surface area contributed by atoms with Gasteiger partial charge in [0.2, 0.25) is 0 Å². The van der Waals surface area contributed by atoms with E-state index in [-0.39, 0.29) is 10.8 Å². The summed E-state index contributed by atoms with van der Waals surface area (Å²) in [6.07, 6.45) is 6.24. The van der Waals surface area contributed by atoms with E-state index in [4.69, 9.17) is 0 Å². The predicted octanol–water partition coefficient (Wildman–Crippen LogP) is 6.48. The summed E-state index contributed by atoms with van der Waals surface area (Å²) < 4.78 is 0. The summed E-state index contributed by atoms with van der Waals surface area (Å²) >= 11 is 0. The molecule has 0 aliphatic carbocycles. The molecule has 0 saturated heterocycles. The van der Waals surface area contributed by atoms with E-state index in [2.05, 4.69) is 103 Å². The van der Waals surface area contributed by atoms with Crippen LogP contribution in [0.1, 0.15) is 54.0 Å². The van der Waals surface area contributed by atoms with E-state index < -0.39 is 0 Å². The Bertz CT molecular complexity index is 586. The van der Waals surface area contributed by atoms with Gasteiger partial charge < -0.3 is 4.90 Å². The molecule has 1 aromatic rings. The van der Waals surface area contributed by atoms with Gasteiger partial charge in [-0.2, -0.15) is 0 Å². The van der Waals surface area contributed by atoms with Gasteiger partial charge in [-0.3, -0.25) is 0 Å². The van der Waals surface area contributed by atoms with Crippen molar-refractivity contribution in [3.8, 4) is 0 Å². The molecule has 0 saturated carbocycles. The van der Waals surface area contributed by atoms with Crippen LogP contribution in [0.25, 0.3) is 0 Å². The third kappa shape index (κ3) is 5.42. The zero-order valence-electron chi connectivity index (χ0n) is 16.2. The zero-order valence-corrected chi connectivity index (χ0v) is 16.2. The highest BCUT2D eigenvalue weighted by Gasteiger charge is 2.14. The number of hydrogen-bond donors (Lipinski definition) is 0. The first-order valence-electron chi connectivity index (χ1n) is 8.32. The highest BCUT2D eigenvalue weighted by atomic mass is 15.1. The van der Waals surface area contributed by atoms with Crippen LogP contribution in [-0.4, -0.2) is 7.05 Å². The Morgan fingerprint density at radius 2 is 1.48 bits per heavy atom. The van der Waals surface area contributed by atoms with Gasteiger partial charge in [0.1, 0.15) is 0 Å². The summed E-state index contributed by atoms with van der Waals surface area (Å²) in [5, 5.41) is 0. The second-order valence-electron chi connectivity index (χ2n) is 8.25. The number of anilines is 1. The van der Waals surface area contributed by atoms with Gasteiger partial charge in [-0.25, -0.2) is 0 Å². The molecule has 0 bridgehead atoms. The molecule has 1 aromatic carbocycles. The van der Waals surface area contributed by atoms with E-state index in [0.717, 1.165) is 5.70 Å². The van der Waals surface area contributed by atoms with Crippen LogP contribution in [0, 0.1) is 5.41 Å². The van der Waals surface area contributed by atoms with Crippen molar-refractivity contribution < 1.29 is 0 Å². The Labute approximate surface area is 143 Å². The van der Waals surface area contributed by atoms with Crippen molar-refractivity contribution in [1.29, 1.82) is 0 Å². The maximum Gasteiger partial charge on any atom is 0.0408 e. The lowest BCUT2D eigenvalue weighted by atomic mass is 9.87. The minimum Gasteiger partial charge on any atom is -0.345 e. The Morgan fingerprint density at radius 3 is 1.87 bits per heavy atom. The lowest BCUT2D eigenvalue weighted by Gasteiger charge is -2.24. The number of allylic oxidation sites excluding steroid dienone is 4. The van der Waals surface area contributed by atoms with Gasteiger partial charge in [-0.15, -0.1) is 0 Å². The minimum absolute atomic E-state index is 0.181. The standard InChI is InChI=1S/C22H33N/c1-10-19(14-11-17(2)21(3,4)5)23(9)20-15-12-18(13-16-20)22(6,7)8/h10-16H,1H2,2-9H3/b17-11+,19-14+. The smallest absolute Gasteiger partial charge is 0.0408 e. The fraction of sp³-hybridized carbons (Fsp3) is 0.455. The van der Waals surface area contributed by atoms with Crippen molar-refractivity contribution in [2.24, 2.45) is 5.41 Å². The molecule has 0 aliphatic rings. The normalized spacial score (nSPS) is 13.9. The maximum atomic E-state index is 3.97. The molecule has 0 unspecified atom stereocenters. The second-order valence-corrected chi connectivity index (χ2v) is 8.25. The number of benzene rings is 1. The van der Waals surface area contributed by atoms with Crippen LogP contribution in [-0.2, 0) is 5.41 Å². The molecule has 0 radical (unpaired) electrons. The first-order chi connectivity index (χ1) is 10.5. The zero-order chi connectivity index (χ0) is 17.8. The first-order valence-corrected chi connectivity index (χ1v) is 8.32. The SMILES string of the molecule is C=C/C(=C\C=C(/C)C(C)(C)C)N(C)c1ccc(C(C)(C)C)cc1. The fourth-order valence-electron chi connectivity index (χ4n) is 2.11. The van der Waals surface area contributed by atoms with Crippen molar-refractivity contribution in [2.75, 3.05) is 11.9 Å². The minimum atomic E-state index is 0.181. The number of hydrogen-bond acceptors (Lipinski definition) is 1. The molecule has 0 atom stereocenters. The quantitative estimate of drug-likeness (QED) is 0.575. The van der Waals surface area contributed by atoms with E-state index in [1.165, 1.54) is 16.8 Å². The van der Waals surface area contributed by atoms with E-state index in [9.17, 15) is 0 Å². The molecule has 1 nitrogen and oxygen atoms in total. The third-order valence-corrected chi connectivity index (χ3v) is 4.40. The molecule has 0 aliphatic heterocycles. The van der Waals surface area contributed by atoms with Crippen LogP contribution in [0.4, 0.5) is 5.69 Å². The molecule has 126 valence electrons. The van der Waals surface area contributed by atoms with E-state index >= 15 is 0 Å². The highest BCUT2D eigenvalue weighted by Crippen LogP contribution is 2.27. The summed E-state index contributed by atoms with van der Waals surface area (Å²) in [5.41, 5.74) is 5.34. The average molecular weight is 312 g/mol. The second kappa shape index (κ2) is 7.21. The first kappa shape index (κ1) is 19.3. The van der Waals surface area contributed by atoms with Gasteiger partial charge in [-0.1, -0.05) is 71.9 Å². The summed E-state index contributed by atoms with van der Waals surface area (Å²) in [6.45, 7) is 19.5. The summed E-state index contributed by atoms with van der Waals surface area (Å²) in [7, 11) is 2.08. The highest BCUT2D eigenvalue weighted by molar-refractivity contribution is 5.55. The summed E-state index contributed by atoms with van der Waals surface area (Å²) in [4.78, 5) is 2.17. The fourth-order valence-corrected chi connectivity index (χ4v) is 2.11. The van der Waals surface area contributed by atoms with Crippen molar-refractivity contribution in [1.82, 2.24) is 0 Å². The van der Waals surface area contributed by atoms with Crippen molar-refractivity contribution in [2.45, 2.75) is 53.9 Å². The molecule has 1 heteroatoms. The molecule has 0 N–H and O–H groups in total. The molecule has 0 heterocycles. The Morgan fingerprint density at radius 1 is 0.957 bits per heavy atom. The molecule has 23 heavy (non-hydrogen) atoms.